The van der Waals surface area contributed by atoms with E-state index in [1.165, 1.54) is 19.2 Å². The molecule has 0 atom stereocenters. The molecule has 0 saturated heterocycles. The molecule has 0 radical (unpaired) electrons. The number of ether oxygens (including phenoxy) is 2. The number of carbonyl (C=O) groups is 1. The second-order valence-corrected chi connectivity index (χ2v) is 4.96. The maximum atomic E-state index is 10.9. The Kier molecular flexibility index (Phi) is 4.94. The van der Waals surface area contributed by atoms with Gasteiger partial charge in [-0.25, -0.2) is 4.79 Å². The Hall–Kier alpha value is -1.91. The van der Waals surface area contributed by atoms with E-state index in [-0.39, 0.29) is 12.2 Å². The third kappa shape index (κ3) is 3.60. The topological polar surface area (TPSA) is 55.8 Å². The normalized spacial score (nSPS) is 10.2. The van der Waals surface area contributed by atoms with Crippen LogP contribution < -0.4 is 9.47 Å². The van der Waals surface area contributed by atoms with Crippen molar-refractivity contribution >= 4 is 29.2 Å². The van der Waals surface area contributed by atoms with Crippen molar-refractivity contribution in [2.75, 3.05) is 7.11 Å². The van der Waals surface area contributed by atoms with E-state index in [1.807, 2.05) is 0 Å². The number of rotatable bonds is 5. The van der Waals surface area contributed by atoms with Crippen LogP contribution in [0.2, 0.25) is 10.0 Å². The molecule has 110 valence electrons. The van der Waals surface area contributed by atoms with Crippen LogP contribution in [0, 0.1) is 0 Å². The van der Waals surface area contributed by atoms with Gasteiger partial charge in [0.25, 0.3) is 0 Å². The summed E-state index contributed by atoms with van der Waals surface area (Å²) in [4.78, 5) is 10.9. The van der Waals surface area contributed by atoms with Crippen LogP contribution in [-0.2, 0) is 6.61 Å². The molecule has 0 aliphatic carbocycles. The fraction of sp³-hybridized carbons (Fsp3) is 0.133. The summed E-state index contributed by atoms with van der Waals surface area (Å²) >= 11 is 12.0. The summed E-state index contributed by atoms with van der Waals surface area (Å²) in [6.45, 7) is 0.197. The van der Waals surface area contributed by atoms with Crippen molar-refractivity contribution in [2.45, 2.75) is 6.61 Å². The molecule has 1 N–H and O–H groups in total. The number of carboxylic acid groups (broad SMARTS) is 1. The number of hydrogen-bond donors (Lipinski definition) is 1. The summed E-state index contributed by atoms with van der Waals surface area (Å²) in [6, 6.07) is 9.65. The molecule has 6 heteroatoms. The summed E-state index contributed by atoms with van der Waals surface area (Å²) in [5.41, 5.74) is 0.855. The lowest BCUT2D eigenvalue weighted by Crippen LogP contribution is -2.01. The van der Waals surface area contributed by atoms with E-state index in [4.69, 9.17) is 37.8 Å². The van der Waals surface area contributed by atoms with Crippen LogP contribution in [0.4, 0.5) is 0 Å². The summed E-state index contributed by atoms with van der Waals surface area (Å²) < 4.78 is 10.8. The second-order valence-electron chi connectivity index (χ2n) is 4.17. The van der Waals surface area contributed by atoms with Crippen molar-refractivity contribution in [3.8, 4) is 11.5 Å². The Labute approximate surface area is 131 Å². The smallest absolute Gasteiger partial charge is 0.335 e. The van der Waals surface area contributed by atoms with E-state index in [2.05, 4.69) is 0 Å². The first kappa shape index (κ1) is 15.5. The van der Waals surface area contributed by atoms with E-state index >= 15 is 0 Å². The minimum Gasteiger partial charge on any atom is -0.493 e. The number of benzene rings is 2. The van der Waals surface area contributed by atoms with Crippen molar-refractivity contribution < 1.29 is 19.4 Å². The molecule has 0 aliphatic rings. The lowest BCUT2D eigenvalue weighted by Gasteiger charge is -2.12. The first-order valence-corrected chi connectivity index (χ1v) is 6.75. The molecule has 0 aliphatic heterocycles. The van der Waals surface area contributed by atoms with Crippen molar-refractivity contribution in [3.05, 3.63) is 57.6 Å². The van der Waals surface area contributed by atoms with E-state index in [1.54, 1.807) is 24.3 Å². The molecule has 4 nitrogen and oxygen atoms in total. The summed E-state index contributed by atoms with van der Waals surface area (Å²) in [5, 5.41) is 9.82. The number of halogens is 2. The predicted octanol–water partition coefficient (Wildman–Crippen LogP) is 4.28. The largest absolute Gasteiger partial charge is 0.493 e. The maximum absolute atomic E-state index is 10.9. The molecule has 2 aromatic carbocycles. The fourth-order valence-corrected chi connectivity index (χ4v) is 2.11. The molecule has 0 aromatic heterocycles. The van der Waals surface area contributed by atoms with Gasteiger partial charge in [-0.2, -0.15) is 0 Å². The van der Waals surface area contributed by atoms with Crippen LogP contribution in [0.15, 0.2) is 36.4 Å². The Morgan fingerprint density at radius 3 is 2.62 bits per heavy atom. The van der Waals surface area contributed by atoms with Crippen LogP contribution in [0.25, 0.3) is 0 Å². The molecule has 2 aromatic rings. The lowest BCUT2D eigenvalue weighted by molar-refractivity contribution is 0.0696. The Bertz CT molecular complexity index is 671. The first-order chi connectivity index (χ1) is 10.0. The number of carboxylic acids is 1. The molecule has 21 heavy (non-hydrogen) atoms. The standard InChI is InChI=1S/C15H12Cl2O4/c1-20-13-7-9(15(18)19)5-6-12(13)21-8-10-3-2-4-11(16)14(10)17/h2-7H,8H2,1H3,(H,18,19). The highest BCUT2D eigenvalue weighted by atomic mass is 35.5. The zero-order valence-electron chi connectivity index (χ0n) is 11.1. The average molecular weight is 327 g/mol. The summed E-state index contributed by atoms with van der Waals surface area (Å²) in [5.74, 6) is -0.260. The Morgan fingerprint density at radius 2 is 1.95 bits per heavy atom. The lowest BCUT2D eigenvalue weighted by atomic mass is 10.2. The molecule has 0 amide bonds. The molecule has 0 unspecified atom stereocenters. The first-order valence-electron chi connectivity index (χ1n) is 6.00. The van der Waals surface area contributed by atoms with E-state index in [0.29, 0.717) is 21.5 Å². The van der Waals surface area contributed by atoms with E-state index in [0.717, 1.165) is 5.56 Å². The van der Waals surface area contributed by atoms with Crippen LogP contribution in [0.1, 0.15) is 15.9 Å². The van der Waals surface area contributed by atoms with E-state index < -0.39 is 5.97 Å². The second kappa shape index (κ2) is 6.70. The number of methoxy groups -OCH3 is 1. The van der Waals surface area contributed by atoms with Gasteiger partial charge in [0.05, 0.1) is 22.7 Å². The van der Waals surface area contributed by atoms with Crippen LogP contribution in [0.5, 0.6) is 11.5 Å². The van der Waals surface area contributed by atoms with Crippen molar-refractivity contribution in [3.63, 3.8) is 0 Å². The Morgan fingerprint density at radius 1 is 1.19 bits per heavy atom. The van der Waals surface area contributed by atoms with Gasteiger partial charge < -0.3 is 14.6 Å². The molecule has 2 rings (SSSR count). The minimum atomic E-state index is -1.03. The van der Waals surface area contributed by atoms with Crippen LogP contribution >= 0.6 is 23.2 Å². The molecule has 0 saturated carbocycles. The molecule has 0 fully saturated rings. The third-order valence-electron chi connectivity index (χ3n) is 2.83. The van der Waals surface area contributed by atoms with Crippen LogP contribution in [-0.4, -0.2) is 18.2 Å². The van der Waals surface area contributed by atoms with Gasteiger partial charge in [-0.05, 0) is 24.3 Å². The van der Waals surface area contributed by atoms with Gasteiger partial charge in [-0.15, -0.1) is 0 Å². The Balaban J connectivity index is 2.20. The summed E-state index contributed by atoms with van der Waals surface area (Å²) in [6.07, 6.45) is 0. The molecule has 0 spiro atoms. The van der Waals surface area contributed by atoms with E-state index in [9.17, 15) is 4.79 Å². The van der Waals surface area contributed by atoms with Gasteiger partial charge in [0.2, 0.25) is 0 Å². The van der Waals surface area contributed by atoms with Gasteiger partial charge in [0.1, 0.15) is 6.61 Å². The molecule has 0 bridgehead atoms. The SMILES string of the molecule is COc1cc(C(=O)O)ccc1OCc1cccc(Cl)c1Cl. The summed E-state index contributed by atoms with van der Waals surface area (Å²) in [7, 11) is 1.44. The van der Waals surface area contributed by atoms with Gasteiger partial charge in [-0.1, -0.05) is 35.3 Å². The maximum Gasteiger partial charge on any atom is 0.335 e. The van der Waals surface area contributed by atoms with Gasteiger partial charge in [0.15, 0.2) is 11.5 Å². The zero-order chi connectivity index (χ0) is 15.4. The highest BCUT2D eigenvalue weighted by molar-refractivity contribution is 6.42. The highest BCUT2D eigenvalue weighted by Gasteiger charge is 2.11. The molecule has 0 heterocycles. The highest BCUT2D eigenvalue weighted by Crippen LogP contribution is 2.31. The molecular weight excluding hydrogens is 315 g/mol. The molecular formula is C15H12Cl2O4. The van der Waals surface area contributed by atoms with Crippen LogP contribution in [0.3, 0.4) is 0 Å². The third-order valence-corrected chi connectivity index (χ3v) is 3.68. The van der Waals surface area contributed by atoms with Crippen molar-refractivity contribution in [2.24, 2.45) is 0 Å². The van der Waals surface area contributed by atoms with Crippen molar-refractivity contribution in [1.29, 1.82) is 0 Å². The number of aromatic carboxylic acids is 1. The number of hydrogen-bond acceptors (Lipinski definition) is 3. The van der Waals surface area contributed by atoms with Gasteiger partial charge in [-0.3, -0.25) is 0 Å². The van der Waals surface area contributed by atoms with Gasteiger partial charge >= 0.3 is 5.97 Å². The minimum absolute atomic E-state index is 0.125. The predicted molar refractivity (Wildman–Crippen MR) is 80.7 cm³/mol. The monoisotopic (exact) mass is 326 g/mol. The average Bonchev–Trinajstić information content (AvgIpc) is 2.48. The van der Waals surface area contributed by atoms with Crippen molar-refractivity contribution in [1.82, 2.24) is 0 Å². The fourth-order valence-electron chi connectivity index (χ4n) is 1.74. The zero-order valence-corrected chi connectivity index (χ0v) is 12.6. The van der Waals surface area contributed by atoms with Gasteiger partial charge in [0, 0.05) is 5.56 Å². The quantitative estimate of drug-likeness (QED) is 0.890.